The summed E-state index contributed by atoms with van der Waals surface area (Å²) in [7, 11) is 0. The minimum absolute atomic E-state index is 0. The molecule has 1 N–H and O–H groups in total. The molecule has 1 saturated heterocycles. The summed E-state index contributed by atoms with van der Waals surface area (Å²) in [5, 5.41) is 9.07. The number of rotatable bonds is 5. The van der Waals surface area contributed by atoms with E-state index in [0.29, 0.717) is 29.0 Å². The van der Waals surface area contributed by atoms with Crippen LogP contribution in [0, 0.1) is 0 Å². The van der Waals surface area contributed by atoms with Gasteiger partial charge in [0.15, 0.2) is 0 Å². The number of aliphatic hydroxyl groups is 1. The van der Waals surface area contributed by atoms with Gasteiger partial charge in [-0.15, -0.1) is 24.8 Å². The standard InChI is InChI=1S/C23H25F3N2OS.2ClH/c24-23(25,26)19-7-3-9-21-22(19)18(17-5-1-2-8-20(17)30-21)6-4-10-27-11-13-28(14-12-27)15-16-29;;/h1-3,5-9,29H,4,10-16H2;2*1H. The first-order valence-electron chi connectivity index (χ1n) is 10.2. The van der Waals surface area contributed by atoms with Gasteiger partial charge in [0.05, 0.1) is 12.2 Å². The van der Waals surface area contributed by atoms with Crippen molar-refractivity contribution in [2.45, 2.75) is 22.4 Å². The monoisotopic (exact) mass is 506 g/mol. The highest BCUT2D eigenvalue weighted by Gasteiger charge is 2.37. The molecule has 0 unspecified atom stereocenters. The van der Waals surface area contributed by atoms with Crippen molar-refractivity contribution in [3.05, 3.63) is 65.2 Å². The lowest BCUT2D eigenvalue weighted by atomic mass is 9.92. The maximum Gasteiger partial charge on any atom is 0.417 e. The molecule has 2 aromatic rings. The largest absolute Gasteiger partial charge is 0.417 e. The molecule has 2 heterocycles. The average molecular weight is 507 g/mol. The summed E-state index contributed by atoms with van der Waals surface area (Å²) in [6, 6.07) is 12.1. The molecule has 0 radical (unpaired) electrons. The predicted octanol–water partition coefficient (Wildman–Crippen LogP) is 5.45. The molecule has 0 spiro atoms. The first-order valence-corrected chi connectivity index (χ1v) is 11.0. The lowest BCUT2D eigenvalue weighted by molar-refractivity contribution is -0.137. The summed E-state index contributed by atoms with van der Waals surface area (Å²) >= 11 is 1.41. The van der Waals surface area contributed by atoms with Crippen LogP contribution in [0.4, 0.5) is 13.2 Å². The molecule has 0 bridgehead atoms. The molecule has 0 aromatic heterocycles. The van der Waals surface area contributed by atoms with E-state index in [1.54, 1.807) is 6.07 Å². The molecule has 0 saturated carbocycles. The minimum Gasteiger partial charge on any atom is -0.395 e. The van der Waals surface area contributed by atoms with E-state index in [2.05, 4.69) is 9.80 Å². The van der Waals surface area contributed by atoms with Crippen LogP contribution in [0.1, 0.15) is 23.1 Å². The van der Waals surface area contributed by atoms with E-state index in [9.17, 15) is 13.2 Å². The van der Waals surface area contributed by atoms with Gasteiger partial charge in [-0.05, 0) is 35.8 Å². The molecule has 2 aromatic carbocycles. The first-order chi connectivity index (χ1) is 14.5. The Kier molecular flexibility index (Phi) is 9.94. The van der Waals surface area contributed by atoms with Crippen LogP contribution in [0.15, 0.2) is 58.3 Å². The first kappa shape index (κ1) is 27.0. The Morgan fingerprint density at radius 2 is 1.50 bits per heavy atom. The smallest absolute Gasteiger partial charge is 0.395 e. The number of hydrogen-bond donors (Lipinski definition) is 1. The van der Waals surface area contributed by atoms with Crippen molar-refractivity contribution >= 4 is 42.1 Å². The molecular weight excluding hydrogens is 480 g/mol. The third-order valence-electron chi connectivity index (χ3n) is 5.67. The van der Waals surface area contributed by atoms with Crippen LogP contribution in [-0.2, 0) is 6.18 Å². The molecule has 9 heteroatoms. The Labute approximate surface area is 203 Å². The molecule has 2 aliphatic heterocycles. The lowest BCUT2D eigenvalue weighted by Crippen LogP contribution is -2.47. The van der Waals surface area contributed by atoms with Gasteiger partial charge in [-0.2, -0.15) is 13.2 Å². The van der Waals surface area contributed by atoms with Crippen LogP contribution in [-0.4, -0.2) is 60.8 Å². The molecule has 1 fully saturated rings. The molecule has 4 rings (SSSR count). The quantitative estimate of drug-likeness (QED) is 0.497. The summed E-state index contributed by atoms with van der Waals surface area (Å²) in [6.45, 7) is 5.35. The summed E-state index contributed by atoms with van der Waals surface area (Å²) in [5.74, 6) is 0. The normalized spacial score (nSPS) is 17.8. The number of β-amino-alcohol motifs (C(OH)–C–C–N with tert-alkyl or cyclic N) is 1. The predicted molar refractivity (Wildman–Crippen MR) is 128 cm³/mol. The molecule has 2 aliphatic rings. The third-order valence-corrected chi connectivity index (χ3v) is 6.81. The Balaban J connectivity index is 0.00000181. The lowest BCUT2D eigenvalue weighted by Gasteiger charge is -2.34. The number of alkyl halides is 3. The molecular formula is C23H27Cl2F3N2OS. The van der Waals surface area contributed by atoms with E-state index < -0.39 is 11.7 Å². The van der Waals surface area contributed by atoms with Crippen LogP contribution < -0.4 is 0 Å². The van der Waals surface area contributed by atoms with Crippen molar-refractivity contribution in [1.82, 2.24) is 9.80 Å². The number of halogens is 5. The summed E-state index contributed by atoms with van der Waals surface area (Å²) in [4.78, 5) is 6.22. The maximum atomic E-state index is 13.8. The Morgan fingerprint density at radius 3 is 2.16 bits per heavy atom. The maximum absolute atomic E-state index is 13.8. The topological polar surface area (TPSA) is 26.7 Å². The van der Waals surface area contributed by atoms with Gasteiger partial charge < -0.3 is 10.0 Å². The van der Waals surface area contributed by atoms with Gasteiger partial charge in [0.2, 0.25) is 0 Å². The van der Waals surface area contributed by atoms with E-state index in [1.165, 1.54) is 23.9 Å². The molecule has 32 heavy (non-hydrogen) atoms. The van der Waals surface area contributed by atoms with E-state index in [-0.39, 0.29) is 31.4 Å². The zero-order valence-electron chi connectivity index (χ0n) is 17.5. The zero-order valence-corrected chi connectivity index (χ0v) is 19.9. The summed E-state index contributed by atoms with van der Waals surface area (Å²) in [5.41, 5.74) is 1.30. The van der Waals surface area contributed by atoms with E-state index in [0.717, 1.165) is 43.2 Å². The molecule has 3 nitrogen and oxygen atoms in total. The van der Waals surface area contributed by atoms with Gasteiger partial charge in [-0.25, -0.2) is 0 Å². The van der Waals surface area contributed by atoms with E-state index in [4.69, 9.17) is 5.11 Å². The number of benzene rings is 2. The number of fused-ring (bicyclic) bond motifs is 2. The highest BCUT2D eigenvalue weighted by atomic mass is 35.5. The van der Waals surface area contributed by atoms with Gasteiger partial charge in [0.25, 0.3) is 0 Å². The number of nitrogens with zero attached hydrogens (tertiary/aromatic N) is 2. The van der Waals surface area contributed by atoms with Crippen molar-refractivity contribution in [3.63, 3.8) is 0 Å². The highest BCUT2D eigenvalue weighted by Crippen LogP contribution is 2.49. The van der Waals surface area contributed by atoms with Crippen LogP contribution in [0.2, 0.25) is 0 Å². The Bertz CT molecular complexity index is 932. The van der Waals surface area contributed by atoms with Crippen LogP contribution in [0.25, 0.3) is 5.57 Å². The van der Waals surface area contributed by atoms with Crippen LogP contribution in [0.3, 0.4) is 0 Å². The molecule has 0 aliphatic carbocycles. The van der Waals surface area contributed by atoms with E-state index >= 15 is 0 Å². The second kappa shape index (κ2) is 11.8. The molecule has 176 valence electrons. The van der Waals surface area contributed by atoms with Gasteiger partial charge in [-0.1, -0.05) is 42.1 Å². The summed E-state index contributed by atoms with van der Waals surface area (Å²) < 4.78 is 41.3. The summed E-state index contributed by atoms with van der Waals surface area (Å²) in [6.07, 6.45) is -1.72. The van der Waals surface area contributed by atoms with Gasteiger partial charge in [0.1, 0.15) is 0 Å². The number of hydrogen-bond acceptors (Lipinski definition) is 4. The Morgan fingerprint density at radius 1 is 0.875 bits per heavy atom. The van der Waals surface area contributed by atoms with Crippen molar-refractivity contribution in [2.24, 2.45) is 0 Å². The molecule has 0 atom stereocenters. The Hall–Kier alpha value is -1.22. The van der Waals surface area contributed by atoms with Crippen molar-refractivity contribution in [1.29, 1.82) is 0 Å². The third kappa shape index (κ3) is 6.01. The van der Waals surface area contributed by atoms with Gasteiger partial charge in [0, 0.05) is 54.6 Å². The minimum atomic E-state index is -4.39. The zero-order chi connectivity index (χ0) is 21.1. The number of piperazine rings is 1. The molecule has 0 amide bonds. The SMILES string of the molecule is Cl.Cl.OCCN1CCN(CCC=C2c3ccccc3Sc3cccc(C(F)(F)F)c32)CC1. The van der Waals surface area contributed by atoms with Crippen molar-refractivity contribution in [3.8, 4) is 0 Å². The van der Waals surface area contributed by atoms with Gasteiger partial charge in [-0.3, -0.25) is 4.90 Å². The number of aliphatic hydroxyl groups excluding tert-OH is 1. The second-order valence-electron chi connectivity index (χ2n) is 7.59. The van der Waals surface area contributed by atoms with Crippen molar-refractivity contribution < 1.29 is 18.3 Å². The fourth-order valence-corrected chi connectivity index (χ4v) is 5.28. The van der Waals surface area contributed by atoms with Gasteiger partial charge >= 0.3 is 6.18 Å². The van der Waals surface area contributed by atoms with Crippen LogP contribution >= 0.6 is 36.6 Å². The van der Waals surface area contributed by atoms with Crippen LogP contribution in [0.5, 0.6) is 0 Å². The highest BCUT2D eigenvalue weighted by molar-refractivity contribution is 7.99. The average Bonchev–Trinajstić information content (AvgIpc) is 2.73. The fourth-order valence-electron chi connectivity index (χ4n) is 4.14. The second-order valence-corrected chi connectivity index (χ2v) is 8.67. The van der Waals surface area contributed by atoms with Crippen molar-refractivity contribution in [2.75, 3.05) is 45.9 Å². The van der Waals surface area contributed by atoms with E-state index in [1.807, 2.05) is 30.3 Å². The fraction of sp³-hybridized carbons (Fsp3) is 0.391.